The van der Waals surface area contributed by atoms with Crippen LogP contribution in [0.15, 0.2) is 0 Å². The third kappa shape index (κ3) is 8.82. The predicted molar refractivity (Wildman–Crippen MR) is 66.9 cm³/mol. The average molecular weight is 264 g/mol. The lowest BCUT2D eigenvalue weighted by Gasteiger charge is -2.15. The highest BCUT2D eigenvalue weighted by molar-refractivity contribution is 7.99. The van der Waals surface area contributed by atoms with Crippen LogP contribution in [0.3, 0.4) is 0 Å². The van der Waals surface area contributed by atoms with E-state index in [1.165, 1.54) is 11.8 Å². The largest absolute Gasteiger partial charge is 0.480 e. The molecule has 0 aromatic heterocycles. The summed E-state index contributed by atoms with van der Waals surface area (Å²) in [5.41, 5.74) is 5.50. The monoisotopic (exact) mass is 264 g/mol. The zero-order chi connectivity index (χ0) is 13.3. The zero-order valence-electron chi connectivity index (χ0n) is 10.1. The fourth-order valence-corrected chi connectivity index (χ4v) is 1.64. The summed E-state index contributed by atoms with van der Waals surface area (Å²) in [4.78, 5) is 22.1. The van der Waals surface area contributed by atoms with Crippen LogP contribution in [0.4, 0.5) is 4.79 Å². The van der Waals surface area contributed by atoms with Crippen molar-refractivity contribution >= 4 is 23.8 Å². The van der Waals surface area contributed by atoms with Gasteiger partial charge in [0.25, 0.3) is 0 Å². The number of nitrogens with two attached hydrogens (primary N) is 1. The van der Waals surface area contributed by atoms with Crippen molar-refractivity contribution in [3.05, 3.63) is 0 Å². The molecule has 100 valence electrons. The maximum Gasteiger partial charge on any atom is 0.407 e. The van der Waals surface area contributed by atoms with E-state index in [1.54, 1.807) is 6.92 Å². The second kappa shape index (κ2) is 9.12. The van der Waals surface area contributed by atoms with E-state index in [1.807, 2.05) is 6.92 Å². The highest BCUT2D eigenvalue weighted by Gasteiger charge is 2.21. The summed E-state index contributed by atoms with van der Waals surface area (Å²) in [6.45, 7) is 4.03. The molecule has 0 aliphatic carbocycles. The molecule has 0 fully saturated rings. The van der Waals surface area contributed by atoms with Gasteiger partial charge in [-0.1, -0.05) is 13.3 Å². The van der Waals surface area contributed by atoms with Crippen LogP contribution in [-0.2, 0) is 9.53 Å². The molecule has 0 radical (unpaired) electrons. The van der Waals surface area contributed by atoms with Crippen LogP contribution in [0.1, 0.15) is 26.7 Å². The Morgan fingerprint density at radius 2 is 2.18 bits per heavy atom. The molecule has 2 atom stereocenters. The minimum atomic E-state index is -1.09. The number of carbonyl (C=O) groups excluding carboxylic acids is 1. The van der Waals surface area contributed by atoms with E-state index in [0.717, 1.165) is 12.8 Å². The molecule has 17 heavy (non-hydrogen) atoms. The van der Waals surface area contributed by atoms with Crippen molar-refractivity contribution < 1.29 is 19.4 Å². The van der Waals surface area contributed by atoms with Crippen LogP contribution in [0.25, 0.3) is 0 Å². The predicted octanol–water partition coefficient (Wildman–Crippen LogP) is 1.00. The van der Waals surface area contributed by atoms with Gasteiger partial charge in [-0.3, -0.25) is 0 Å². The smallest absolute Gasteiger partial charge is 0.407 e. The standard InChI is InChI=1S/C10H20N2O4S/c1-3-4-5-16-10(15)12-8(9(13)14)6-17-7(2)11/h7-8H,3-6,11H2,1-2H3,(H,12,15)(H,13,14). The van der Waals surface area contributed by atoms with Gasteiger partial charge in [0, 0.05) is 11.1 Å². The highest BCUT2D eigenvalue weighted by atomic mass is 32.2. The van der Waals surface area contributed by atoms with E-state index < -0.39 is 18.1 Å². The normalized spacial score (nSPS) is 13.8. The first-order valence-corrected chi connectivity index (χ1v) is 6.55. The Bertz CT molecular complexity index is 248. The van der Waals surface area contributed by atoms with Crippen molar-refractivity contribution in [3.8, 4) is 0 Å². The summed E-state index contributed by atoms with van der Waals surface area (Å²) in [5.74, 6) is -0.874. The number of aliphatic carboxylic acids is 1. The fraction of sp³-hybridized carbons (Fsp3) is 0.800. The molecule has 7 heteroatoms. The van der Waals surface area contributed by atoms with Crippen LogP contribution in [-0.4, -0.2) is 40.9 Å². The molecule has 0 rings (SSSR count). The number of ether oxygens (including phenoxy) is 1. The molecular formula is C10H20N2O4S. The Hall–Kier alpha value is -0.950. The van der Waals surface area contributed by atoms with Crippen molar-refractivity contribution in [2.45, 2.75) is 38.1 Å². The Kier molecular flexibility index (Phi) is 8.61. The lowest BCUT2D eigenvalue weighted by Crippen LogP contribution is -2.43. The first-order valence-electron chi connectivity index (χ1n) is 5.50. The van der Waals surface area contributed by atoms with E-state index in [0.29, 0.717) is 6.61 Å². The minimum Gasteiger partial charge on any atom is -0.480 e. The molecule has 0 saturated carbocycles. The summed E-state index contributed by atoms with van der Waals surface area (Å²) >= 11 is 1.26. The van der Waals surface area contributed by atoms with Gasteiger partial charge in [-0.2, -0.15) is 0 Å². The Morgan fingerprint density at radius 1 is 1.53 bits per heavy atom. The molecule has 0 saturated heterocycles. The van der Waals surface area contributed by atoms with Gasteiger partial charge >= 0.3 is 12.1 Å². The van der Waals surface area contributed by atoms with E-state index >= 15 is 0 Å². The summed E-state index contributed by atoms with van der Waals surface area (Å²) in [6.07, 6.45) is 0.978. The first kappa shape index (κ1) is 16.1. The number of amides is 1. The molecule has 0 aromatic rings. The number of carbonyl (C=O) groups is 2. The van der Waals surface area contributed by atoms with Gasteiger partial charge in [-0.15, -0.1) is 11.8 Å². The van der Waals surface area contributed by atoms with Gasteiger partial charge in [0.05, 0.1) is 6.61 Å². The topological polar surface area (TPSA) is 102 Å². The first-order chi connectivity index (χ1) is 7.97. The third-order valence-corrected chi connectivity index (χ3v) is 2.90. The summed E-state index contributed by atoms with van der Waals surface area (Å²) < 4.78 is 4.82. The van der Waals surface area contributed by atoms with Gasteiger partial charge in [0.1, 0.15) is 6.04 Å². The Balaban J connectivity index is 3.98. The fourth-order valence-electron chi connectivity index (χ4n) is 0.916. The molecular weight excluding hydrogens is 244 g/mol. The molecule has 4 N–H and O–H groups in total. The Morgan fingerprint density at radius 3 is 2.65 bits per heavy atom. The number of carboxylic acids is 1. The van der Waals surface area contributed by atoms with Crippen molar-refractivity contribution in [1.29, 1.82) is 0 Å². The molecule has 2 unspecified atom stereocenters. The number of hydrogen-bond donors (Lipinski definition) is 3. The zero-order valence-corrected chi connectivity index (χ0v) is 11.0. The number of nitrogens with one attached hydrogen (secondary N) is 1. The summed E-state index contributed by atoms with van der Waals surface area (Å²) in [7, 11) is 0. The van der Waals surface area contributed by atoms with Crippen molar-refractivity contribution in [2.24, 2.45) is 5.73 Å². The van der Waals surface area contributed by atoms with Crippen molar-refractivity contribution in [3.63, 3.8) is 0 Å². The molecule has 0 spiro atoms. The number of rotatable bonds is 8. The molecule has 0 bridgehead atoms. The Labute approximate surface area is 105 Å². The molecule has 6 nitrogen and oxygen atoms in total. The van der Waals surface area contributed by atoms with Crippen LogP contribution in [0.2, 0.25) is 0 Å². The van der Waals surface area contributed by atoms with Crippen LogP contribution in [0.5, 0.6) is 0 Å². The molecule has 0 aromatic carbocycles. The third-order valence-electron chi connectivity index (χ3n) is 1.85. The number of alkyl carbamates (subject to hydrolysis) is 1. The van der Waals surface area contributed by atoms with Gasteiger partial charge in [0.2, 0.25) is 0 Å². The maximum atomic E-state index is 11.2. The minimum absolute atomic E-state index is 0.172. The number of carboxylic acid groups (broad SMARTS) is 1. The van der Waals surface area contributed by atoms with Gasteiger partial charge in [0.15, 0.2) is 0 Å². The maximum absolute atomic E-state index is 11.2. The van der Waals surface area contributed by atoms with Crippen LogP contribution < -0.4 is 11.1 Å². The lowest BCUT2D eigenvalue weighted by atomic mass is 10.3. The van der Waals surface area contributed by atoms with Gasteiger partial charge < -0.3 is 20.9 Å². The van der Waals surface area contributed by atoms with Gasteiger partial charge in [-0.25, -0.2) is 9.59 Å². The number of thioether (sulfide) groups is 1. The van der Waals surface area contributed by atoms with E-state index in [4.69, 9.17) is 15.6 Å². The molecule has 1 amide bonds. The van der Waals surface area contributed by atoms with E-state index in [-0.39, 0.29) is 11.1 Å². The second-order valence-corrected chi connectivity index (χ2v) is 4.97. The summed E-state index contributed by atoms with van der Waals surface area (Å²) in [5, 5.41) is 11.0. The molecule has 0 aliphatic heterocycles. The molecule has 0 aliphatic rings. The van der Waals surface area contributed by atoms with Crippen molar-refractivity contribution in [2.75, 3.05) is 12.4 Å². The van der Waals surface area contributed by atoms with Gasteiger partial charge in [-0.05, 0) is 13.3 Å². The highest BCUT2D eigenvalue weighted by Crippen LogP contribution is 2.07. The molecule has 0 heterocycles. The average Bonchev–Trinajstić information content (AvgIpc) is 2.23. The summed E-state index contributed by atoms with van der Waals surface area (Å²) in [6, 6.07) is -0.972. The van der Waals surface area contributed by atoms with E-state index in [2.05, 4.69) is 5.32 Å². The quantitative estimate of drug-likeness (QED) is 0.446. The van der Waals surface area contributed by atoms with Crippen LogP contribution in [0, 0.1) is 0 Å². The number of hydrogen-bond acceptors (Lipinski definition) is 5. The SMILES string of the molecule is CCCCOC(=O)NC(CSC(C)N)C(=O)O. The van der Waals surface area contributed by atoms with Crippen molar-refractivity contribution in [1.82, 2.24) is 5.32 Å². The van der Waals surface area contributed by atoms with E-state index in [9.17, 15) is 9.59 Å². The number of unbranched alkanes of at least 4 members (excludes halogenated alkanes) is 1. The lowest BCUT2D eigenvalue weighted by molar-refractivity contribution is -0.138. The second-order valence-electron chi connectivity index (χ2n) is 3.56. The van der Waals surface area contributed by atoms with Crippen LogP contribution >= 0.6 is 11.8 Å².